The van der Waals surface area contributed by atoms with Gasteiger partial charge in [-0.3, -0.25) is 4.79 Å². The quantitative estimate of drug-likeness (QED) is 0.630. The molecule has 1 heterocycles. The third-order valence-corrected chi connectivity index (χ3v) is 3.78. The van der Waals surface area contributed by atoms with Gasteiger partial charge in [-0.25, -0.2) is 14.4 Å². The van der Waals surface area contributed by atoms with Gasteiger partial charge in [-0.2, -0.15) is 13.2 Å². The summed E-state index contributed by atoms with van der Waals surface area (Å²) < 4.78 is 52.6. The Bertz CT molecular complexity index is 974. The van der Waals surface area contributed by atoms with Crippen LogP contribution in [0, 0.1) is 5.82 Å². The van der Waals surface area contributed by atoms with E-state index in [4.69, 9.17) is 0 Å². The first-order valence-corrected chi connectivity index (χ1v) is 8.11. The average molecular weight is 390 g/mol. The standard InChI is InChI=1S/C19H14F4N4O/c20-14-7-3-1-5-12(14)9-25-17-11-24-16(10-26-17)18(28)27-15-8-4-2-6-13(15)19(21,22)23/h1-8,10-11H,9H2,(H,25,26)(H,27,28). The van der Waals surface area contributed by atoms with Crippen LogP contribution in [0.15, 0.2) is 60.9 Å². The number of para-hydroxylation sites is 1. The number of amides is 1. The molecule has 2 aromatic carbocycles. The van der Waals surface area contributed by atoms with E-state index in [0.29, 0.717) is 5.56 Å². The van der Waals surface area contributed by atoms with Crippen molar-refractivity contribution in [1.29, 1.82) is 0 Å². The molecule has 5 nitrogen and oxygen atoms in total. The number of nitrogens with one attached hydrogen (secondary N) is 2. The minimum atomic E-state index is -4.60. The topological polar surface area (TPSA) is 66.9 Å². The summed E-state index contributed by atoms with van der Waals surface area (Å²) in [7, 11) is 0. The van der Waals surface area contributed by atoms with E-state index in [0.717, 1.165) is 18.3 Å². The van der Waals surface area contributed by atoms with Crippen molar-refractivity contribution in [1.82, 2.24) is 9.97 Å². The lowest BCUT2D eigenvalue weighted by atomic mass is 10.1. The maximum Gasteiger partial charge on any atom is 0.418 e. The molecule has 1 amide bonds. The van der Waals surface area contributed by atoms with E-state index in [-0.39, 0.29) is 29.6 Å². The fraction of sp³-hybridized carbons (Fsp3) is 0.105. The number of hydrogen-bond acceptors (Lipinski definition) is 4. The van der Waals surface area contributed by atoms with Crippen LogP contribution in [0.2, 0.25) is 0 Å². The van der Waals surface area contributed by atoms with Crippen LogP contribution in [0.1, 0.15) is 21.6 Å². The van der Waals surface area contributed by atoms with Crippen molar-refractivity contribution in [2.24, 2.45) is 0 Å². The Morgan fingerprint density at radius 3 is 2.36 bits per heavy atom. The van der Waals surface area contributed by atoms with E-state index in [1.807, 2.05) is 0 Å². The molecule has 0 saturated carbocycles. The molecule has 0 fully saturated rings. The number of anilines is 2. The molecular formula is C19H14F4N4O. The van der Waals surface area contributed by atoms with Crippen LogP contribution in [0.25, 0.3) is 0 Å². The third kappa shape index (κ3) is 4.61. The molecule has 144 valence electrons. The van der Waals surface area contributed by atoms with Gasteiger partial charge in [0.1, 0.15) is 17.3 Å². The molecule has 3 rings (SSSR count). The molecule has 3 aromatic rings. The number of alkyl halides is 3. The Hall–Kier alpha value is -3.49. The van der Waals surface area contributed by atoms with Gasteiger partial charge in [-0.05, 0) is 18.2 Å². The normalized spacial score (nSPS) is 11.1. The molecule has 0 unspecified atom stereocenters. The van der Waals surface area contributed by atoms with Crippen molar-refractivity contribution in [2.45, 2.75) is 12.7 Å². The van der Waals surface area contributed by atoms with Gasteiger partial charge in [0.25, 0.3) is 5.91 Å². The fourth-order valence-corrected chi connectivity index (χ4v) is 2.39. The van der Waals surface area contributed by atoms with Gasteiger partial charge in [0.05, 0.1) is 23.6 Å². The van der Waals surface area contributed by atoms with Crippen LogP contribution < -0.4 is 10.6 Å². The van der Waals surface area contributed by atoms with Crippen molar-refractivity contribution in [3.8, 4) is 0 Å². The first-order chi connectivity index (χ1) is 13.3. The van der Waals surface area contributed by atoms with Crippen molar-refractivity contribution < 1.29 is 22.4 Å². The first kappa shape index (κ1) is 19.3. The lowest BCUT2D eigenvalue weighted by molar-refractivity contribution is -0.136. The molecule has 28 heavy (non-hydrogen) atoms. The molecule has 0 aliphatic heterocycles. The molecule has 0 spiro atoms. The van der Waals surface area contributed by atoms with E-state index in [1.165, 1.54) is 24.4 Å². The van der Waals surface area contributed by atoms with Gasteiger partial charge in [-0.1, -0.05) is 30.3 Å². The zero-order valence-electron chi connectivity index (χ0n) is 14.3. The maximum absolute atomic E-state index is 13.6. The fourth-order valence-electron chi connectivity index (χ4n) is 2.39. The van der Waals surface area contributed by atoms with E-state index in [1.54, 1.807) is 18.2 Å². The minimum Gasteiger partial charge on any atom is -0.365 e. The van der Waals surface area contributed by atoms with Crippen LogP contribution >= 0.6 is 0 Å². The van der Waals surface area contributed by atoms with E-state index < -0.39 is 17.6 Å². The number of rotatable bonds is 5. The lowest BCUT2D eigenvalue weighted by Crippen LogP contribution is -2.18. The van der Waals surface area contributed by atoms with E-state index in [2.05, 4.69) is 20.6 Å². The summed E-state index contributed by atoms with van der Waals surface area (Å²) in [6, 6.07) is 10.8. The van der Waals surface area contributed by atoms with Crippen molar-refractivity contribution in [3.05, 3.63) is 83.6 Å². The molecule has 9 heteroatoms. The van der Waals surface area contributed by atoms with E-state index >= 15 is 0 Å². The van der Waals surface area contributed by atoms with Gasteiger partial charge in [0, 0.05) is 12.1 Å². The summed E-state index contributed by atoms with van der Waals surface area (Å²) in [5.41, 5.74) is -1.06. The molecular weight excluding hydrogens is 376 g/mol. The SMILES string of the molecule is O=C(Nc1ccccc1C(F)(F)F)c1cnc(NCc2ccccc2F)cn1. The second-order valence-electron chi connectivity index (χ2n) is 5.73. The number of carbonyl (C=O) groups excluding carboxylic acids is 1. The lowest BCUT2D eigenvalue weighted by Gasteiger charge is -2.13. The first-order valence-electron chi connectivity index (χ1n) is 8.11. The van der Waals surface area contributed by atoms with Gasteiger partial charge in [0.2, 0.25) is 0 Å². The summed E-state index contributed by atoms with van der Waals surface area (Å²) in [6.07, 6.45) is -2.24. The molecule has 0 atom stereocenters. The van der Waals surface area contributed by atoms with Crippen LogP contribution in [0.3, 0.4) is 0 Å². The van der Waals surface area contributed by atoms with Gasteiger partial charge < -0.3 is 10.6 Å². The number of benzene rings is 2. The summed E-state index contributed by atoms with van der Waals surface area (Å²) in [4.78, 5) is 20.0. The van der Waals surface area contributed by atoms with Crippen LogP contribution in [-0.4, -0.2) is 15.9 Å². The van der Waals surface area contributed by atoms with Crippen molar-refractivity contribution in [2.75, 3.05) is 10.6 Å². The highest BCUT2D eigenvalue weighted by Gasteiger charge is 2.33. The van der Waals surface area contributed by atoms with Crippen LogP contribution in [0.5, 0.6) is 0 Å². The molecule has 0 aliphatic rings. The molecule has 2 N–H and O–H groups in total. The summed E-state index contributed by atoms with van der Waals surface area (Å²) in [6.45, 7) is 0.159. The molecule has 0 saturated heterocycles. The van der Waals surface area contributed by atoms with Crippen molar-refractivity contribution >= 4 is 17.4 Å². The second-order valence-corrected chi connectivity index (χ2v) is 5.73. The number of carbonyl (C=O) groups is 1. The smallest absolute Gasteiger partial charge is 0.365 e. The summed E-state index contributed by atoms with van der Waals surface area (Å²) in [5, 5.41) is 5.04. The summed E-state index contributed by atoms with van der Waals surface area (Å²) in [5.74, 6) is -0.914. The van der Waals surface area contributed by atoms with E-state index in [9.17, 15) is 22.4 Å². The molecule has 0 radical (unpaired) electrons. The van der Waals surface area contributed by atoms with Gasteiger partial charge >= 0.3 is 6.18 Å². The molecule has 0 aliphatic carbocycles. The zero-order valence-corrected chi connectivity index (χ0v) is 14.3. The van der Waals surface area contributed by atoms with Gasteiger partial charge in [0.15, 0.2) is 0 Å². The maximum atomic E-state index is 13.6. The molecule has 1 aromatic heterocycles. The van der Waals surface area contributed by atoms with Crippen LogP contribution in [-0.2, 0) is 12.7 Å². The third-order valence-electron chi connectivity index (χ3n) is 3.78. The predicted molar refractivity (Wildman–Crippen MR) is 95.2 cm³/mol. The monoisotopic (exact) mass is 390 g/mol. The Kier molecular flexibility index (Phi) is 5.53. The average Bonchev–Trinajstić information content (AvgIpc) is 2.67. The number of halogens is 4. The number of nitrogens with zero attached hydrogens (tertiary/aromatic N) is 2. The zero-order chi connectivity index (χ0) is 20.1. The highest BCUT2D eigenvalue weighted by molar-refractivity contribution is 6.03. The Morgan fingerprint density at radius 1 is 0.964 bits per heavy atom. The van der Waals surface area contributed by atoms with Crippen molar-refractivity contribution in [3.63, 3.8) is 0 Å². The largest absolute Gasteiger partial charge is 0.418 e. The minimum absolute atomic E-state index is 0.159. The predicted octanol–water partition coefficient (Wildman–Crippen LogP) is 4.50. The summed E-state index contributed by atoms with van der Waals surface area (Å²) >= 11 is 0. The Balaban J connectivity index is 1.67. The highest BCUT2D eigenvalue weighted by atomic mass is 19.4. The number of aromatic nitrogens is 2. The highest BCUT2D eigenvalue weighted by Crippen LogP contribution is 2.34. The number of hydrogen-bond donors (Lipinski definition) is 2. The van der Waals surface area contributed by atoms with Gasteiger partial charge in [-0.15, -0.1) is 0 Å². The van der Waals surface area contributed by atoms with Crippen LogP contribution in [0.4, 0.5) is 29.1 Å². The molecule has 0 bridgehead atoms. The Labute approximate surface area is 157 Å². The Morgan fingerprint density at radius 2 is 1.68 bits per heavy atom. The second kappa shape index (κ2) is 8.03.